The largest absolute Gasteiger partial charge is 0.309 e. The second kappa shape index (κ2) is 6.58. The van der Waals surface area contributed by atoms with Gasteiger partial charge in [-0.15, -0.1) is 0 Å². The van der Waals surface area contributed by atoms with Crippen molar-refractivity contribution in [2.45, 2.75) is 20.0 Å². The minimum Gasteiger partial charge on any atom is -0.309 e. The Morgan fingerprint density at radius 1 is 1.30 bits per heavy atom. The SMILES string of the molecule is Cc1ccc(CNCc2ccc([N+](=O)[O-])cc2Br)cn1. The van der Waals surface area contributed by atoms with Crippen LogP contribution in [0.2, 0.25) is 0 Å². The van der Waals surface area contributed by atoms with Gasteiger partial charge in [-0.2, -0.15) is 0 Å². The molecule has 1 N–H and O–H groups in total. The maximum atomic E-state index is 10.7. The smallest absolute Gasteiger partial charge is 0.270 e. The van der Waals surface area contributed by atoms with E-state index in [1.807, 2.05) is 25.3 Å². The van der Waals surface area contributed by atoms with Gasteiger partial charge in [-0.1, -0.05) is 22.0 Å². The molecule has 0 bridgehead atoms. The van der Waals surface area contributed by atoms with Crippen molar-refractivity contribution >= 4 is 21.6 Å². The summed E-state index contributed by atoms with van der Waals surface area (Å²) in [5, 5.41) is 13.9. The Bertz CT molecular complexity index is 614. The van der Waals surface area contributed by atoms with Gasteiger partial charge in [-0.05, 0) is 30.2 Å². The van der Waals surface area contributed by atoms with Gasteiger partial charge in [0.2, 0.25) is 0 Å². The van der Waals surface area contributed by atoms with Crippen molar-refractivity contribution in [3.8, 4) is 0 Å². The van der Waals surface area contributed by atoms with Crippen molar-refractivity contribution in [3.05, 3.63) is 67.9 Å². The molecule has 104 valence electrons. The van der Waals surface area contributed by atoms with Crippen LogP contribution in [-0.2, 0) is 13.1 Å². The van der Waals surface area contributed by atoms with Crippen molar-refractivity contribution in [2.24, 2.45) is 0 Å². The lowest BCUT2D eigenvalue weighted by atomic mass is 10.2. The number of nitro benzene ring substituents is 1. The molecule has 0 aliphatic carbocycles. The number of pyridine rings is 1. The molecule has 0 aliphatic heterocycles. The highest BCUT2D eigenvalue weighted by Gasteiger charge is 2.08. The first-order valence-electron chi connectivity index (χ1n) is 6.11. The van der Waals surface area contributed by atoms with E-state index in [2.05, 4.69) is 26.2 Å². The molecule has 0 saturated carbocycles. The Labute approximate surface area is 125 Å². The summed E-state index contributed by atoms with van der Waals surface area (Å²) in [6.45, 7) is 3.29. The Kier molecular flexibility index (Phi) is 4.81. The number of aromatic nitrogens is 1. The number of halogens is 1. The molecule has 2 aromatic rings. The molecule has 0 amide bonds. The van der Waals surface area contributed by atoms with Crippen LogP contribution in [-0.4, -0.2) is 9.91 Å². The van der Waals surface area contributed by atoms with Crippen LogP contribution in [0.4, 0.5) is 5.69 Å². The van der Waals surface area contributed by atoms with E-state index in [1.54, 1.807) is 6.07 Å². The van der Waals surface area contributed by atoms with Crippen LogP contribution < -0.4 is 5.32 Å². The van der Waals surface area contributed by atoms with Crippen LogP contribution in [0.3, 0.4) is 0 Å². The van der Waals surface area contributed by atoms with Gasteiger partial charge in [0.05, 0.1) is 4.92 Å². The van der Waals surface area contributed by atoms with Gasteiger partial charge in [-0.3, -0.25) is 15.1 Å². The third kappa shape index (κ3) is 3.85. The van der Waals surface area contributed by atoms with Crippen LogP contribution >= 0.6 is 15.9 Å². The zero-order chi connectivity index (χ0) is 14.5. The summed E-state index contributed by atoms with van der Waals surface area (Å²) in [6.07, 6.45) is 1.84. The number of aryl methyl sites for hydroxylation is 1. The highest BCUT2D eigenvalue weighted by atomic mass is 79.9. The number of nitrogens with one attached hydrogen (secondary N) is 1. The lowest BCUT2D eigenvalue weighted by molar-refractivity contribution is -0.384. The molecule has 20 heavy (non-hydrogen) atoms. The van der Waals surface area contributed by atoms with Crippen LogP contribution in [0.15, 0.2) is 41.0 Å². The first kappa shape index (κ1) is 14.6. The minimum atomic E-state index is -0.403. The van der Waals surface area contributed by atoms with Gasteiger partial charge in [0, 0.05) is 41.6 Å². The van der Waals surface area contributed by atoms with Crippen LogP contribution in [0.5, 0.6) is 0 Å². The fraction of sp³-hybridized carbons (Fsp3) is 0.214. The van der Waals surface area contributed by atoms with Gasteiger partial charge < -0.3 is 5.32 Å². The van der Waals surface area contributed by atoms with Gasteiger partial charge in [0.25, 0.3) is 5.69 Å². The molecule has 0 unspecified atom stereocenters. The molecule has 2 rings (SSSR count). The predicted octanol–water partition coefficient (Wildman–Crippen LogP) is 3.35. The molecule has 0 aliphatic rings. The number of nitro groups is 1. The molecule has 0 spiro atoms. The third-order valence-corrected chi connectivity index (χ3v) is 3.60. The molecular weight excluding hydrogens is 322 g/mol. The van der Waals surface area contributed by atoms with Gasteiger partial charge in [0.15, 0.2) is 0 Å². The van der Waals surface area contributed by atoms with Crippen molar-refractivity contribution in [3.63, 3.8) is 0 Å². The number of non-ortho nitro benzene ring substituents is 1. The summed E-state index contributed by atoms with van der Waals surface area (Å²) in [4.78, 5) is 14.5. The first-order valence-corrected chi connectivity index (χ1v) is 6.90. The Balaban J connectivity index is 1.94. The van der Waals surface area contributed by atoms with Crippen LogP contribution in [0.1, 0.15) is 16.8 Å². The number of hydrogen-bond acceptors (Lipinski definition) is 4. The number of rotatable bonds is 5. The fourth-order valence-corrected chi connectivity index (χ4v) is 2.24. The van der Waals surface area contributed by atoms with Gasteiger partial charge >= 0.3 is 0 Å². The summed E-state index contributed by atoms with van der Waals surface area (Å²) in [5.74, 6) is 0. The van der Waals surface area contributed by atoms with E-state index in [-0.39, 0.29) is 5.69 Å². The van der Waals surface area contributed by atoms with Crippen LogP contribution in [0.25, 0.3) is 0 Å². The standard InChI is InChI=1S/C14H14BrN3O2/c1-10-2-3-11(8-17-10)7-16-9-12-4-5-13(18(19)20)6-14(12)15/h2-6,8,16H,7,9H2,1H3. The molecule has 6 heteroatoms. The average molecular weight is 336 g/mol. The van der Waals surface area contributed by atoms with Crippen molar-refractivity contribution in [2.75, 3.05) is 0 Å². The van der Waals surface area contributed by atoms with E-state index in [4.69, 9.17) is 0 Å². The Morgan fingerprint density at radius 2 is 2.10 bits per heavy atom. The number of benzene rings is 1. The summed E-state index contributed by atoms with van der Waals surface area (Å²) in [7, 11) is 0. The zero-order valence-electron chi connectivity index (χ0n) is 11.0. The summed E-state index contributed by atoms with van der Waals surface area (Å²) >= 11 is 3.35. The maximum absolute atomic E-state index is 10.7. The number of nitrogens with zero attached hydrogens (tertiary/aromatic N) is 2. The van der Waals surface area contributed by atoms with Crippen molar-refractivity contribution in [1.29, 1.82) is 0 Å². The average Bonchev–Trinajstić information content (AvgIpc) is 2.42. The molecule has 0 atom stereocenters. The highest BCUT2D eigenvalue weighted by Crippen LogP contribution is 2.22. The van der Waals surface area contributed by atoms with E-state index >= 15 is 0 Å². The monoisotopic (exact) mass is 335 g/mol. The topological polar surface area (TPSA) is 68.1 Å². The van der Waals surface area contributed by atoms with E-state index in [9.17, 15) is 10.1 Å². The first-order chi connectivity index (χ1) is 9.56. The van der Waals surface area contributed by atoms with Gasteiger partial charge in [-0.25, -0.2) is 0 Å². The van der Waals surface area contributed by atoms with E-state index in [0.29, 0.717) is 13.1 Å². The van der Waals surface area contributed by atoms with Gasteiger partial charge in [0.1, 0.15) is 0 Å². The molecule has 5 nitrogen and oxygen atoms in total. The quantitative estimate of drug-likeness (QED) is 0.672. The lowest BCUT2D eigenvalue weighted by Crippen LogP contribution is -2.13. The normalized spacial score (nSPS) is 10.5. The molecular formula is C14H14BrN3O2. The second-order valence-corrected chi connectivity index (χ2v) is 5.30. The predicted molar refractivity (Wildman–Crippen MR) is 80.3 cm³/mol. The van der Waals surface area contributed by atoms with E-state index in [0.717, 1.165) is 21.3 Å². The van der Waals surface area contributed by atoms with E-state index in [1.165, 1.54) is 12.1 Å². The molecule has 0 saturated heterocycles. The molecule has 0 radical (unpaired) electrons. The molecule has 1 heterocycles. The Morgan fingerprint density at radius 3 is 2.70 bits per heavy atom. The molecule has 1 aromatic carbocycles. The molecule has 0 fully saturated rings. The summed E-state index contributed by atoms with van der Waals surface area (Å²) in [5.41, 5.74) is 3.17. The minimum absolute atomic E-state index is 0.0864. The Hall–Kier alpha value is -1.79. The second-order valence-electron chi connectivity index (χ2n) is 4.44. The lowest BCUT2D eigenvalue weighted by Gasteiger charge is -2.07. The van der Waals surface area contributed by atoms with Crippen LogP contribution in [0, 0.1) is 17.0 Å². The maximum Gasteiger partial charge on any atom is 0.270 e. The van der Waals surface area contributed by atoms with Crippen molar-refractivity contribution < 1.29 is 4.92 Å². The summed E-state index contributed by atoms with van der Waals surface area (Å²) < 4.78 is 0.737. The highest BCUT2D eigenvalue weighted by molar-refractivity contribution is 9.10. The zero-order valence-corrected chi connectivity index (χ0v) is 12.6. The van der Waals surface area contributed by atoms with E-state index < -0.39 is 4.92 Å². The van der Waals surface area contributed by atoms with Crippen molar-refractivity contribution in [1.82, 2.24) is 10.3 Å². The number of hydrogen-bond donors (Lipinski definition) is 1. The summed E-state index contributed by atoms with van der Waals surface area (Å²) in [6, 6.07) is 8.78. The fourth-order valence-electron chi connectivity index (χ4n) is 1.74. The third-order valence-electron chi connectivity index (χ3n) is 2.86. The molecule has 1 aromatic heterocycles.